The minimum atomic E-state index is -0.0146. The predicted octanol–water partition coefficient (Wildman–Crippen LogP) is 1.11. The van der Waals surface area contributed by atoms with Gasteiger partial charge in [-0.1, -0.05) is 0 Å². The highest BCUT2D eigenvalue weighted by atomic mass is 16.1. The van der Waals surface area contributed by atoms with Crippen molar-refractivity contribution in [2.45, 2.75) is 25.8 Å². The molecule has 0 aromatic carbocycles. The summed E-state index contributed by atoms with van der Waals surface area (Å²) in [6.07, 6.45) is 4.23. The Labute approximate surface area is 77.2 Å². The molecule has 0 aliphatic carbocycles. The van der Waals surface area contributed by atoms with Gasteiger partial charge >= 0.3 is 0 Å². The molecule has 1 unspecified atom stereocenters. The molecule has 1 aromatic heterocycles. The van der Waals surface area contributed by atoms with E-state index in [1.54, 1.807) is 6.07 Å². The van der Waals surface area contributed by atoms with Crippen LogP contribution >= 0.6 is 0 Å². The second-order valence-corrected chi connectivity index (χ2v) is 3.58. The zero-order valence-corrected chi connectivity index (χ0v) is 7.76. The molecule has 1 fully saturated rings. The molecule has 0 radical (unpaired) electrons. The molecule has 3 heteroatoms. The normalized spacial score (nSPS) is 22.1. The van der Waals surface area contributed by atoms with Crippen LogP contribution in [0.1, 0.15) is 30.0 Å². The minimum Gasteiger partial charge on any atom is -0.329 e. The molecule has 1 saturated heterocycles. The molecule has 0 bridgehead atoms. The van der Waals surface area contributed by atoms with Gasteiger partial charge in [0.05, 0.1) is 0 Å². The Hall–Kier alpha value is -1.09. The standard InChI is InChI=1S/C10H14N2O/c1-7-5-10(13)12-6-8(7)9-3-2-4-11-9/h5-6,9,11H,2-4H2,1H3,(H,12,13). The van der Waals surface area contributed by atoms with Crippen LogP contribution < -0.4 is 10.9 Å². The Morgan fingerprint density at radius 3 is 3.00 bits per heavy atom. The minimum absolute atomic E-state index is 0.0146. The fourth-order valence-electron chi connectivity index (χ4n) is 1.91. The van der Waals surface area contributed by atoms with Gasteiger partial charge in [-0.2, -0.15) is 0 Å². The van der Waals surface area contributed by atoms with Gasteiger partial charge in [0.25, 0.3) is 0 Å². The number of pyridine rings is 1. The molecule has 0 spiro atoms. The molecular weight excluding hydrogens is 164 g/mol. The van der Waals surface area contributed by atoms with E-state index in [0.29, 0.717) is 6.04 Å². The van der Waals surface area contributed by atoms with Crippen molar-refractivity contribution in [3.05, 3.63) is 33.7 Å². The van der Waals surface area contributed by atoms with Gasteiger partial charge in [-0.3, -0.25) is 4.79 Å². The zero-order chi connectivity index (χ0) is 9.26. The molecule has 1 aromatic rings. The molecule has 1 aliphatic rings. The van der Waals surface area contributed by atoms with Crippen LogP contribution in [0.4, 0.5) is 0 Å². The molecule has 2 rings (SSSR count). The first-order chi connectivity index (χ1) is 6.27. The second kappa shape index (κ2) is 3.34. The van der Waals surface area contributed by atoms with Gasteiger partial charge in [-0.15, -0.1) is 0 Å². The van der Waals surface area contributed by atoms with Crippen molar-refractivity contribution in [2.24, 2.45) is 0 Å². The van der Waals surface area contributed by atoms with Crippen LogP contribution in [0.3, 0.4) is 0 Å². The molecule has 2 heterocycles. The number of aryl methyl sites for hydroxylation is 1. The lowest BCUT2D eigenvalue weighted by Gasteiger charge is -2.12. The lowest BCUT2D eigenvalue weighted by molar-refractivity contribution is 0.640. The lowest BCUT2D eigenvalue weighted by Crippen LogP contribution is -2.16. The quantitative estimate of drug-likeness (QED) is 0.676. The van der Waals surface area contributed by atoms with E-state index in [0.717, 1.165) is 12.1 Å². The van der Waals surface area contributed by atoms with Crippen LogP contribution in [0.25, 0.3) is 0 Å². The van der Waals surface area contributed by atoms with E-state index < -0.39 is 0 Å². The summed E-state index contributed by atoms with van der Waals surface area (Å²) in [5.74, 6) is 0. The van der Waals surface area contributed by atoms with Gasteiger partial charge in [0.1, 0.15) is 0 Å². The largest absolute Gasteiger partial charge is 0.329 e. The van der Waals surface area contributed by atoms with Gasteiger partial charge in [-0.05, 0) is 37.4 Å². The van der Waals surface area contributed by atoms with Crippen molar-refractivity contribution in [2.75, 3.05) is 6.54 Å². The van der Waals surface area contributed by atoms with Crippen LogP contribution in [-0.2, 0) is 0 Å². The highest BCUT2D eigenvalue weighted by Gasteiger charge is 2.17. The number of H-pyrrole nitrogens is 1. The van der Waals surface area contributed by atoms with E-state index in [2.05, 4.69) is 10.3 Å². The molecule has 1 aliphatic heterocycles. The number of hydrogen-bond donors (Lipinski definition) is 2. The average molecular weight is 178 g/mol. The number of hydrogen-bond acceptors (Lipinski definition) is 2. The third kappa shape index (κ3) is 1.65. The average Bonchev–Trinajstić information content (AvgIpc) is 2.56. The smallest absolute Gasteiger partial charge is 0.248 e. The van der Waals surface area contributed by atoms with E-state index >= 15 is 0 Å². The number of aromatic amines is 1. The van der Waals surface area contributed by atoms with Gasteiger partial charge in [0.2, 0.25) is 5.56 Å². The number of rotatable bonds is 1. The maximum absolute atomic E-state index is 11.0. The summed E-state index contributed by atoms with van der Waals surface area (Å²) in [5.41, 5.74) is 2.31. The monoisotopic (exact) mass is 178 g/mol. The van der Waals surface area contributed by atoms with Crippen molar-refractivity contribution in [3.8, 4) is 0 Å². The summed E-state index contributed by atoms with van der Waals surface area (Å²) >= 11 is 0. The highest BCUT2D eigenvalue weighted by Crippen LogP contribution is 2.23. The van der Waals surface area contributed by atoms with Crippen molar-refractivity contribution < 1.29 is 0 Å². The van der Waals surface area contributed by atoms with Crippen molar-refractivity contribution >= 4 is 0 Å². The van der Waals surface area contributed by atoms with Crippen molar-refractivity contribution in [3.63, 3.8) is 0 Å². The van der Waals surface area contributed by atoms with Crippen LogP contribution in [0.5, 0.6) is 0 Å². The molecule has 13 heavy (non-hydrogen) atoms. The SMILES string of the molecule is Cc1cc(=O)[nH]cc1C1CCCN1. The molecule has 70 valence electrons. The Morgan fingerprint density at radius 1 is 1.54 bits per heavy atom. The van der Waals surface area contributed by atoms with Crippen LogP contribution in [0, 0.1) is 6.92 Å². The third-order valence-corrected chi connectivity index (χ3v) is 2.61. The first-order valence-corrected chi connectivity index (χ1v) is 4.70. The maximum Gasteiger partial charge on any atom is 0.248 e. The Balaban J connectivity index is 2.34. The molecule has 3 nitrogen and oxygen atoms in total. The first kappa shape index (κ1) is 8.51. The fourth-order valence-corrected chi connectivity index (χ4v) is 1.91. The van der Waals surface area contributed by atoms with Gasteiger partial charge in [0, 0.05) is 18.3 Å². The van der Waals surface area contributed by atoms with E-state index in [-0.39, 0.29) is 5.56 Å². The second-order valence-electron chi connectivity index (χ2n) is 3.58. The zero-order valence-electron chi connectivity index (χ0n) is 7.76. The molecule has 0 saturated carbocycles. The maximum atomic E-state index is 11.0. The summed E-state index contributed by atoms with van der Waals surface area (Å²) in [6.45, 7) is 3.08. The van der Waals surface area contributed by atoms with Crippen LogP contribution in [0.2, 0.25) is 0 Å². The molecule has 1 atom stereocenters. The Bertz CT molecular complexity index is 350. The topological polar surface area (TPSA) is 44.9 Å². The van der Waals surface area contributed by atoms with Gasteiger partial charge < -0.3 is 10.3 Å². The van der Waals surface area contributed by atoms with E-state index in [1.807, 2.05) is 13.1 Å². The highest BCUT2D eigenvalue weighted by molar-refractivity contribution is 5.25. The van der Waals surface area contributed by atoms with Crippen LogP contribution in [-0.4, -0.2) is 11.5 Å². The first-order valence-electron chi connectivity index (χ1n) is 4.70. The lowest BCUT2D eigenvalue weighted by atomic mass is 10.0. The van der Waals surface area contributed by atoms with Crippen LogP contribution in [0.15, 0.2) is 17.1 Å². The predicted molar refractivity (Wildman–Crippen MR) is 51.8 cm³/mol. The van der Waals surface area contributed by atoms with Gasteiger partial charge in [-0.25, -0.2) is 0 Å². The van der Waals surface area contributed by atoms with Gasteiger partial charge in [0.15, 0.2) is 0 Å². The summed E-state index contributed by atoms with van der Waals surface area (Å²) in [5, 5.41) is 3.41. The summed E-state index contributed by atoms with van der Waals surface area (Å²) in [7, 11) is 0. The fraction of sp³-hybridized carbons (Fsp3) is 0.500. The molecule has 0 amide bonds. The Morgan fingerprint density at radius 2 is 2.38 bits per heavy atom. The Kier molecular flexibility index (Phi) is 2.19. The van der Waals surface area contributed by atoms with E-state index in [4.69, 9.17) is 0 Å². The van der Waals surface area contributed by atoms with Crippen molar-refractivity contribution in [1.82, 2.24) is 10.3 Å². The molecule has 2 N–H and O–H groups in total. The van der Waals surface area contributed by atoms with E-state index in [1.165, 1.54) is 18.4 Å². The summed E-state index contributed by atoms with van der Waals surface area (Å²) in [6, 6.07) is 2.10. The van der Waals surface area contributed by atoms with E-state index in [9.17, 15) is 4.79 Å². The van der Waals surface area contributed by atoms with Crippen molar-refractivity contribution in [1.29, 1.82) is 0 Å². The summed E-state index contributed by atoms with van der Waals surface area (Å²) in [4.78, 5) is 13.7. The molecular formula is C10H14N2O. The summed E-state index contributed by atoms with van der Waals surface area (Å²) < 4.78 is 0. The third-order valence-electron chi connectivity index (χ3n) is 2.61. The number of aromatic nitrogens is 1. The number of nitrogens with one attached hydrogen (secondary N) is 2.